The highest BCUT2D eigenvalue weighted by molar-refractivity contribution is 5.68. The van der Waals surface area contributed by atoms with Crippen LogP contribution in [0.15, 0.2) is 30.3 Å². The van der Waals surface area contributed by atoms with Gasteiger partial charge >= 0.3 is 0 Å². The number of H-pyrrole nitrogens is 1. The Morgan fingerprint density at radius 1 is 1.40 bits per heavy atom. The van der Waals surface area contributed by atoms with Gasteiger partial charge in [-0.05, 0) is 19.1 Å². The molecule has 78 valence electrons. The Hall–Kier alpha value is -1.97. The van der Waals surface area contributed by atoms with Crippen molar-refractivity contribution >= 4 is 5.82 Å². The maximum absolute atomic E-state index is 5.56. The van der Waals surface area contributed by atoms with Crippen molar-refractivity contribution in [3.8, 4) is 17.0 Å². The van der Waals surface area contributed by atoms with E-state index in [4.69, 9.17) is 10.5 Å². The first-order valence-corrected chi connectivity index (χ1v) is 4.84. The van der Waals surface area contributed by atoms with Gasteiger partial charge in [0.1, 0.15) is 11.6 Å². The molecule has 0 aliphatic rings. The van der Waals surface area contributed by atoms with Crippen LogP contribution in [-0.2, 0) is 0 Å². The summed E-state index contributed by atoms with van der Waals surface area (Å²) in [6.07, 6.45) is 0. The number of hydrogen-bond donors (Lipinski definition) is 2. The van der Waals surface area contributed by atoms with Gasteiger partial charge in [0, 0.05) is 11.6 Å². The van der Waals surface area contributed by atoms with Crippen LogP contribution in [0.4, 0.5) is 5.82 Å². The van der Waals surface area contributed by atoms with E-state index in [1.165, 1.54) is 0 Å². The number of aromatic nitrogens is 2. The maximum atomic E-state index is 5.56. The number of anilines is 1. The Morgan fingerprint density at radius 3 is 2.87 bits per heavy atom. The topological polar surface area (TPSA) is 63.9 Å². The van der Waals surface area contributed by atoms with E-state index in [2.05, 4.69) is 10.2 Å². The molecule has 0 amide bonds. The van der Waals surface area contributed by atoms with Crippen LogP contribution in [0.5, 0.6) is 5.75 Å². The van der Waals surface area contributed by atoms with E-state index < -0.39 is 0 Å². The first-order valence-electron chi connectivity index (χ1n) is 4.84. The number of rotatable bonds is 3. The average molecular weight is 203 g/mol. The minimum atomic E-state index is 0.483. The van der Waals surface area contributed by atoms with Gasteiger partial charge in [-0.25, -0.2) is 0 Å². The van der Waals surface area contributed by atoms with Gasteiger partial charge in [0.25, 0.3) is 0 Å². The lowest BCUT2D eigenvalue weighted by Gasteiger charge is -2.07. The summed E-state index contributed by atoms with van der Waals surface area (Å²) in [6, 6.07) is 9.58. The van der Waals surface area contributed by atoms with E-state index in [9.17, 15) is 0 Å². The average Bonchev–Trinajstić information content (AvgIpc) is 2.66. The molecule has 1 heterocycles. The van der Waals surface area contributed by atoms with Crippen molar-refractivity contribution in [1.29, 1.82) is 0 Å². The second kappa shape index (κ2) is 4.04. The summed E-state index contributed by atoms with van der Waals surface area (Å²) in [5.41, 5.74) is 7.40. The van der Waals surface area contributed by atoms with Crippen LogP contribution >= 0.6 is 0 Å². The van der Waals surface area contributed by atoms with Gasteiger partial charge in [-0.1, -0.05) is 12.1 Å². The van der Waals surface area contributed by atoms with Crippen LogP contribution in [0, 0.1) is 0 Å². The van der Waals surface area contributed by atoms with Crippen molar-refractivity contribution < 1.29 is 4.74 Å². The number of nitrogen functional groups attached to an aromatic ring is 1. The number of aromatic amines is 1. The van der Waals surface area contributed by atoms with Gasteiger partial charge in [-0.3, -0.25) is 5.10 Å². The standard InChI is InChI=1S/C11H13N3O/c1-2-15-10-6-4-3-5-8(10)9-7-11(12)14-13-9/h3-7H,2H2,1H3,(H3,12,13,14). The van der Waals surface area contributed by atoms with E-state index in [0.29, 0.717) is 12.4 Å². The molecule has 4 nitrogen and oxygen atoms in total. The molecule has 3 N–H and O–H groups in total. The third-order valence-corrected chi connectivity index (χ3v) is 2.07. The summed E-state index contributed by atoms with van der Waals surface area (Å²) in [5, 5.41) is 6.76. The molecule has 0 atom stereocenters. The summed E-state index contributed by atoms with van der Waals surface area (Å²) in [4.78, 5) is 0. The van der Waals surface area contributed by atoms with Crippen LogP contribution in [0.25, 0.3) is 11.3 Å². The second-order valence-electron chi connectivity index (χ2n) is 3.14. The zero-order valence-electron chi connectivity index (χ0n) is 8.53. The first kappa shape index (κ1) is 9.58. The summed E-state index contributed by atoms with van der Waals surface area (Å²) >= 11 is 0. The lowest BCUT2D eigenvalue weighted by atomic mass is 10.1. The molecule has 0 aliphatic heterocycles. The van der Waals surface area contributed by atoms with Gasteiger partial charge in [0.2, 0.25) is 0 Å². The molecule has 0 fully saturated rings. The Morgan fingerprint density at radius 2 is 2.20 bits per heavy atom. The van der Waals surface area contributed by atoms with E-state index in [0.717, 1.165) is 17.0 Å². The maximum Gasteiger partial charge on any atom is 0.145 e. The zero-order valence-corrected chi connectivity index (χ0v) is 8.53. The third-order valence-electron chi connectivity index (χ3n) is 2.07. The normalized spacial score (nSPS) is 10.2. The first-order chi connectivity index (χ1) is 7.31. The summed E-state index contributed by atoms with van der Waals surface area (Å²) in [5.74, 6) is 1.32. The van der Waals surface area contributed by atoms with Crippen LogP contribution in [0.1, 0.15) is 6.92 Å². The highest BCUT2D eigenvalue weighted by atomic mass is 16.5. The van der Waals surface area contributed by atoms with Gasteiger partial charge in [0.15, 0.2) is 0 Å². The molecular weight excluding hydrogens is 190 g/mol. The number of para-hydroxylation sites is 1. The van der Waals surface area contributed by atoms with Crippen molar-refractivity contribution in [3.05, 3.63) is 30.3 Å². The van der Waals surface area contributed by atoms with Crippen molar-refractivity contribution in [1.82, 2.24) is 10.2 Å². The smallest absolute Gasteiger partial charge is 0.145 e. The SMILES string of the molecule is CCOc1ccccc1-c1cc(N)n[nH]1. The Bertz CT molecular complexity index is 451. The fourth-order valence-electron chi connectivity index (χ4n) is 1.45. The lowest BCUT2D eigenvalue weighted by molar-refractivity contribution is 0.341. The van der Waals surface area contributed by atoms with Gasteiger partial charge in [-0.15, -0.1) is 0 Å². The molecule has 1 aromatic carbocycles. The van der Waals surface area contributed by atoms with Crippen LogP contribution in [-0.4, -0.2) is 16.8 Å². The zero-order chi connectivity index (χ0) is 10.7. The number of hydrogen-bond acceptors (Lipinski definition) is 3. The number of nitrogens with zero attached hydrogens (tertiary/aromatic N) is 1. The van der Waals surface area contributed by atoms with Crippen molar-refractivity contribution in [3.63, 3.8) is 0 Å². The molecule has 0 bridgehead atoms. The Kier molecular flexibility index (Phi) is 2.58. The van der Waals surface area contributed by atoms with Crippen LogP contribution in [0.3, 0.4) is 0 Å². The summed E-state index contributed by atoms with van der Waals surface area (Å²) < 4.78 is 5.51. The third kappa shape index (κ3) is 1.93. The molecule has 0 spiro atoms. The van der Waals surface area contributed by atoms with Crippen molar-refractivity contribution in [2.75, 3.05) is 12.3 Å². The Labute approximate surface area is 88.1 Å². The van der Waals surface area contributed by atoms with E-state index in [1.54, 1.807) is 6.07 Å². The predicted molar refractivity (Wildman–Crippen MR) is 59.6 cm³/mol. The molecule has 2 rings (SSSR count). The molecule has 15 heavy (non-hydrogen) atoms. The number of benzene rings is 1. The minimum Gasteiger partial charge on any atom is -0.493 e. The number of nitrogens with one attached hydrogen (secondary N) is 1. The van der Waals surface area contributed by atoms with E-state index >= 15 is 0 Å². The molecule has 0 radical (unpaired) electrons. The molecular formula is C11H13N3O. The second-order valence-corrected chi connectivity index (χ2v) is 3.14. The molecule has 0 saturated carbocycles. The highest BCUT2D eigenvalue weighted by Gasteiger charge is 2.07. The summed E-state index contributed by atoms with van der Waals surface area (Å²) in [7, 11) is 0. The van der Waals surface area contributed by atoms with Crippen LogP contribution < -0.4 is 10.5 Å². The van der Waals surface area contributed by atoms with E-state index in [1.807, 2.05) is 31.2 Å². The fourth-order valence-corrected chi connectivity index (χ4v) is 1.45. The molecule has 0 aliphatic carbocycles. The van der Waals surface area contributed by atoms with Crippen molar-refractivity contribution in [2.24, 2.45) is 0 Å². The van der Waals surface area contributed by atoms with Crippen LogP contribution in [0.2, 0.25) is 0 Å². The largest absolute Gasteiger partial charge is 0.493 e. The molecule has 0 saturated heterocycles. The highest BCUT2D eigenvalue weighted by Crippen LogP contribution is 2.28. The number of nitrogens with two attached hydrogens (primary N) is 1. The summed E-state index contributed by atoms with van der Waals surface area (Å²) in [6.45, 7) is 2.60. The quantitative estimate of drug-likeness (QED) is 0.802. The molecule has 0 unspecified atom stereocenters. The Balaban J connectivity index is 2.42. The van der Waals surface area contributed by atoms with Crippen molar-refractivity contribution in [2.45, 2.75) is 6.92 Å². The predicted octanol–water partition coefficient (Wildman–Crippen LogP) is 2.06. The molecule has 4 heteroatoms. The monoisotopic (exact) mass is 203 g/mol. The van der Waals surface area contributed by atoms with E-state index in [-0.39, 0.29) is 0 Å². The van der Waals surface area contributed by atoms with Gasteiger partial charge in [-0.2, -0.15) is 5.10 Å². The fraction of sp³-hybridized carbons (Fsp3) is 0.182. The van der Waals surface area contributed by atoms with Gasteiger partial charge < -0.3 is 10.5 Å². The van der Waals surface area contributed by atoms with Gasteiger partial charge in [0.05, 0.1) is 12.3 Å². The lowest BCUT2D eigenvalue weighted by Crippen LogP contribution is -1.93. The molecule has 1 aromatic heterocycles. The number of ether oxygens (including phenoxy) is 1. The minimum absolute atomic E-state index is 0.483. The molecule has 2 aromatic rings.